The van der Waals surface area contributed by atoms with Crippen molar-refractivity contribution in [1.29, 1.82) is 5.26 Å². The third-order valence-corrected chi connectivity index (χ3v) is 1.70. The van der Waals surface area contributed by atoms with Crippen LogP contribution in [0.5, 0.6) is 0 Å². The average molecular weight is 175 g/mol. The number of hydrogen-bond acceptors (Lipinski definition) is 3. The Kier molecular flexibility index (Phi) is 3.18. The van der Waals surface area contributed by atoms with Gasteiger partial charge in [0, 0.05) is 5.56 Å². The number of nitrogens with zero attached hydrogens (tertiary/aromatic N) is 1. The minimum atomic E-state index is -0.188. The van der Waals surface area contributed by atoms with Crippen LogP contribution in [0.2, 0.25) is 0 Å². The molecule has 1 aromatic carbocycles. The fourth-order valence-electron chi connectivity index (χ4n) is 0.970. The number of carbonyl (C=O) groups excluding carboxylic acids is 1. The lowest BCUT2D eigenvalue weighted by molar-refractivity contribution is 0.0997. The predicted molar refractivity (Wildman–Crippen MR) is 46.9 cm³/mol. The number of rotatable bonds is 3. The maximum absolute atomic E-state index is 11.2. The number of hydrogen-bond donors (Lipinski definition) is 1. The van der Waals surface area contributed by atoms with Gasteiger partial charge in [-0.1, -0.05) is 24.3 Å². The highest BCUT2D eigenvalue weighted by Gasteiger charge is 2.03. The first-order chi connectivity index (χ1) is 6.27. The molecule has 0 unspecified atom stereocenters. The molecule has 0 saturated carbocycles. The van der Waals surface area contributed by atoms with Crippen molar-refractivity contribution in [3.8, 4) is 6.07 Å². The van der Waals surface area contributed by atoms with E-state index in [-0.39, 0.29) is 18.8 Å². The Morgan fingerprint density at radius 2 is 2.00 bits per heavy atom. The van der Waals surface area contributed by atoms with Gasteiger partial charge in [0.05, 0.1) is 19.1 Å². The minimum absolute atomic E-state index is 0.0350. The van der Waals surface area contributed by atoms with Gasteiger partial charge in [-0.05, 0) is 5.56 Å². The number of aliphatic hydroxyl groups is 1. The molecule has 66 valence electrons. The van der Waals surface area contributed by atoms with Crippen LogP contribution < -0.4 is 0 Å². The molecule has 1 rings (SSSR count). The van der Waals surface area contributed by atoms with E-state index >= 15 is 0 Å². The van der Waals surface area contributed by atoms with Crippen LogP contribution >= 0.6 is 0 Å². The number of ketones is 1. The molecule has 3 nitrogen and oxygen atoms in total. The highest BCUT2D eigenvalue weighted by Crippen LogP contribution is 2.06. The predicted octanol–water partition coefficient (Wildman–Crippen LogP) is 1.28. The standard InChI is InChI=1S/C10H9NO2/c11-6-5-10(13)9-3-1-8(7-12)2-4-9/h1-4,12H,5,7H2. The van der Waals surface area contributed by atoms with Crippen LogP contribution in [0.25, 0.3) is 0 Å². The molecule has 1 N–H and O–H groups in total. The second-order valence-corrected chi connectivity index (χ2v) is 2.61. The van der Waals surface area contributed by atoms with Gasteiger partial charge in [-0.15, -0.1) is 0 Å². The zero-order chi connectivity index (χ0) is 9.68. The Morgan fingerprint density at radius 3 is 2.46 bits per heavy atom. The van der Waals surface area contributed by atoms with Crippen LogP contribution in [0, 0.1) is 11.3 Å². The highest BCUT2D eigenvalue weighted by molar-refractivity contribution is 5.97. The maximum Gasteiger partial charge on any atom is 0.176 e. The molecular formula is C10H9NO2. The van der Waals surface area contributed by atoms with Gasteiger partial charge < -0.3 is 5.11 Å². The van der Waals surface area contributed by atoms with E-state index in [0.717, 1.165) is 5.56 Å². The van der Waals surface area contributed by atoms with Crippen LogP contribution in [-0.2, 0) is 6.61 Å². The molecule has 0 aliphatic rings. The van der Waals surface area contributed by atoms with Gasteiger partial charge in [-0.2, -0.15) is 5.26 Å². The fraction of sp³-hybridized carbons (Fsp3) is 0.200. The van der Waals surface area contributed by atoms with Crippen molar-refractivity contribution in [1.82, 2.24) is 0 Å². The monoisotopic (exact) mass is 175 g/mol. The molecule has 0 aliphatic carbocycles. The third kappa shape index (κ3) is 2.39. The molecular weight excluding hydrogens is 166 g/mol. The maximum atomic E-state index is 11.2. The normalized spacial score (nSPS) is 9.23. The lowest BCUT2D eigenvalue weighted by Crippen LogP contribution is -1.97. The smallest absolute Gasteiger partial charge is 0.176 e. The van der Waals surface area contributed by atoms with E-state index in [9.17, 15) is 4.79 Å². The van der Waals surface area contributed by atoms with E-state index in [2.05, 4.69) is 0 Å². The molecule has 13 heavy (non-hydrogen) atoms. The first kappa shape index (κ1) is 9.43. The van der Waals surface area contributed by atoms with Gasteiger partial charge in [0.2, 0.25) is 0 Å². The first-order valence-electron chi connectivity index (χ1n) is 3.88. The Labute approximate surface area is 76.2 Å². The summed E-state index contributed by atoms with van der Waals surface area (Å²) < 4.78 is 0. The van der Waals surface area contributed by atoms with Gasteiger partial charge in [0.1, 0.15) is 0 Å². The zero-order valence-electron chi connectivity index (χ0n) is 7.03. The van der Waals surface area contributed by atoms with Crippen LogP contribution in [0.3, 0.4) is 0 Å². The molecule has 1 aromatic rings. The molecule has 0 fully saturated rings. The highest BCUT2D eigenvalue weighted by atomic mass is 16.3. The SMILES string of the molecule is N#CCC(=O)c1ccc(CO)cc1. The summed E-state index contributed by atoms with van der Waals surface area (Å²) in [7, 11) is 0. The summed E-state index contributed by atoms with van der Waals surface area (Å²) >= 11 is 0. The molecule has 0 aromatic heterocycles. The van der Waals surface area contributed by atoms with Crippen molar-refractivity contribution in [2.75, 3.05) is 0 Å². The summed E-state index contributed by atoms with van der Waals surface area (Å²) in [4.78, 5) is 11.2. The molecule has 0 saturated heterocycles. The third-order valence-electron chi connectivity index (χ3n) is 1.70. The molecule has 0 radical (unpaired) electrons. The number of aliphatic hydroxyl groups excluding tert-OH is 1. The van der Waals surface area contributed by atoms with Gasteiger partial charge in [0.15, 0.2) is 5.78 Å². The Hall–Kier alpha value is -1.66. The van der Waals surface area contributed by atoms with Crippen molar-refractivity contribution in [2.45, 2.75) is 13.0 Å². The zero-order valence-corrected chi connectivity index (χ0v) is 7.03. The molecule has 0 bridgehead atoms. The molecule has 0 amide bonds. The van der Waals surface area contributed by atoms with E-state index in [1.807, 2.05) is 0 Å². The van der Waals surface area contributed by atoms with Crippen molar-refractivity contribution >= 4 is 5.78 Å². The van der Waals surface area contributed by atoms with E-state index in [1.165, 1.54) is 0 Å². The van der Waals surface area contributed by atoms with Gasteiger partial charge in [-0.25, -0.2) is 0 Å². The van der Waals surface area contributed by atoms with Crippen molar-refractivity contribution < 1.29 is 9.90 Å². The van der Waals surface area contributed by atoms with Crippen molar-refractivity contribution in [3.05, 3.63) is 35.4 Å². The van der Waals surface area contributed by atoms with Gasteiger partial charge in [-0.3, -0.25) is 4.79 Å². The molecule has 0 heterocycles. The fourth-order valence-corrected chi connectivity index (χ4v) is 0.970. The van der Waals surface area contributed by atoms with E-state index in [4.69, 9.17) is 10.4 Å². The van der Waals surface area contributed by atoms with E-state index in [1.54, 1.807) is 30.3 Å². The van der Waals surface area contributed by atoms with Crippen molar-refractivity contribution in [2.24, 2.45) is 0 Å². The second-order valence-electron chi connectivity index (χ2n) is 2.61. The topological polar surface area (TPSA) is 61.1 Å². The summed E-state index contributed by atoms with van der Waals surface area (Å²) in [5.74, 6) is -0.188. The number of Topliss-reactive ketones (excluding diaryl/α,β-unsaturated/α-hetero) is 1. The van der Waals surface area contributed by atoms with Gasteiger partial charge in [0.25, 0.3) is 0 Å². The lowest BCUT2D eigenvalue weighted by atomic mass is 10.1. The summed E-state index contributed by atoms with van der Waals surface area (Å²) in [5, 5.41) is 17.0. The Bertz CT molecular complexity index is 335. The Balaban J connectivity index is 2.81. The summed E-state index contributed by atoms with van der Waals surface area (Å²) in [6, 6.07) is 8.37. The summed E-state index contributed by atoms with van der Waals surface area (Å²) in [6.45, 7) is -0.0350. The van der Waals surface area contributed by atoms with Gasteiger partial charge >= 0.3 is 0 Å². The minimum Gasteiger partial charge on any atom is -0.392 e. The quantitative estimate of drug-likeness (QED) is 0.704. The largest absolute Gasteiger partial charge is 0.392 e. The number of benzene rings is 1. The lowest BCUT2D eigenvalue weighted by Gasteiger charge is -1.98. The summed E-state index contributed by atoms with van der Waals surface area (Å²) in [5.41, 5.74) is 1.27. The molecule has 0 atom stereocenters. The Morgan fingerprint density at radius 1 is 1.38 bits per heavy atom. The van der Waals surface area contributed by atoms with Crippen LogP contribution in [0.15, 0.2) is 24.3 Å². The number of carbonyl (C=O) groups is 1. The van der Waals surface area contributed by atoms with Crippen LogP contribution in [0.4, 0.5) is 0 Å². The average Bonchev–Trinajstić information content (AvgIpc) is 2.18. The number of nitriles is 1. The molecule has 3 heteroatoms. The van der Waals surface area contributed by atoms with Crippen LogP contribution in [-0.4, -0.2) is 10.9 Å². The van der Waals surface area contributed by atoms with Crippen molar-refractivity contribution in [3.63, 3.8) is 0 Å². The summed E-state index contributed by atoms with van der Waals surface area (Å²) in [6.07, 6.45) is -0.0987. The second kappa shape index (κ2) is 4.39. The van der Waals surface area contributed by atoms with Crippen LogP contribution in [0.1, 0.15) is 22.3 Å². The molecule has 0 aliphatic heterocycles. The van der Waals surface area contributed by atoms with E-state index in [0.29, 0.717) is 5.56 Å². The van der Waals surface area contributed by atoms with E-state index < -0.39 is 0 Å². The first-order valence-corrected chi connectivity index (χ1v) is 3.88. The molecule has 0 spiro atoms.